The zero-order valence-electron chi connectivity index (χ0n) is 7.89. The van der Waals surface area contributed by atoms with Crippen molar-refractivity contribution in [1.82, 2.24) is 0 Å². The van der Waals surface area contributed by atoms with Crippen LogP contribution in [0.4, 0.5) is 0 Å². The van der Waals surface area contributed by atoms with Gasteiger partial charge in [-0.3, -0.25) is 4.79 Å². The lowest BCUT2D eigenvalue weighted by Crippen LogP contribution is -2.16. The highest BCUT2D eigenvalue weighted by Gasteiger charge is 2.14. The van der Waals surface area contributed by atoms with E-state index in [0.29, 0.717) is 12.5 Å². The van der Waals surface area contributed by atoms with E-state index in [2.05, 4.69) is 13.8 Å². The summed E-state index contributed by atoms with van der Waals surface area (Å²) in [5.41, 5.74) is 0. The largest absolute Gasteiger partial charge is 0.466 e. The van der Waals surface area contributed by atoms with E-state index in [9.17, 15) is 4.79 Å². The first kappa shape index (κ1) is 10.5. The summed E-state index contributed by atoms with van der Waals surface area (Å²) in [6, 6.07) is 0. The molecule has 0 aliphatic carbocycles. The van der Waals surface area contributed by atoms with E-state index in [0.717, 1.165) is 6.42 Å². The molecule has 0 spiro atoms. The third kappa shape index (κ3) is 4.82. The first-order chi connectivity index (χ1) is 5.07. The highest BCUT2D eigenvalue weighted by molar-refractivity contribution is 5.71. The van der Waals surface area contributed by atoms with Gasteiger partial charge in [-0.1, -0.05) is 20.8 Å². The van der Waals surface area contributed by atoms with E-state index in [1.165, 1.54) is 0 Å². The van der Waals surface area contributed by atoms with Gasteiger partial charge in [-0.05, 0) is 19.3 Å². The van der Waals surface area contributed by atoms with Crippen molar-refractivity contribution in [2.24, 2.45) is 11.8 Å². The number of carbonyl (C=O) groups is 1. The van der Waals surface area contributed by atoms with Gasteiger partial charge in [0.25, 0.3) is 0 Å². The molecule has 0 aliphatic rings. The second-order valence-corrected chi connectivity index (χ2v) is 3.28. The van der Waals surface area contributed by atoms with Crippen LogP contribution in [0.1, 0.15) is 34.1 Å². The average Bonchev–Trinajstić information content (AvgIpc) is 1.86. The lowest BCUT2D eigenvalue weighted by atomic mass is 9.99. The van der Waals surface area contributed by atoms with Gasteiger partial charge >= 0.3 is 5.97 Å². The van der Waals surface area contributed by atoms with Crippen LogP contribution in [0.25, 0.3) is 0 Å². The first-order valence-corrected chi connectivity index (χ1v) is 4.24. The van der Waals surface area contributed by atoms with Crippen molar-refractivity contribution in [3.05, 3.63) is 0 Å². The van der Waals surface area contributed by atoms with Gasteiger partial charge < -0.3 is 4.74 Å². The molecule has 66 valence electrons. The van der Waals surface area contributed by atoms with Gasteiger partial charge in [-0.25, -0.2) is 0 Å². The predicted octanol–water partition coefficient (Wildman–Crippen LogP) is 2.23. The van der Waals surface area contributed by atoms with Crippen molar-refractivity contribution in [3.8, 4) is 0 Å². The number of carbonyl (C=O) groups excluding carboxylic acids is 1. The van der Waals surface area contributed by atoms with Gasteiger partial charge in [0.1, 0.15) is 0 Å². The summed E-state index contributed by atoms with van der Waals surface area (Å²) < 4.78 is 4.87. The van der Waals surface area contributed by atoms with E-state index in [1.807, 2.05) is 13.8 Å². The molecule has 0 saturated heterocycles. The molecule has 0 amide bonds. The predicted molar refractivity (Wildman–Crippen MR) is 45.3 cm³/mol. The van der Waals surface area contributed by atoms with Gasteiger partial charge in [0.2, 0.25) is 0 Å². The Balaban J connectivity index is 3.64. The normalized spacial score (nSPS) is 13.2. The smallest absolute Gasteiger partial charge is 0.308 e. The van der Waals surface area contributed by atoms with E-state index >= 15 is 0 Å². The van der Waals surface area contributed by atoms with Crippen LogP contribution in [0.2, 0.25) is 0 Å². The summed E-state index contributed by atoms with van der Waals surface area (Å²) in [5, 5.41) is 0. The third-order valence-corrected chi connectivity index (χ3v) is 1.51. The van der Waals surface area contributed by atoms with Crippen molar-refractivity contribution in [2.75, 3.05) is 6.61 Å². The maximum atomic E-state index is 11.1. The van der Waals surface area contributed by atoms with E-state index in [-0.39, 0.29) is 11.9 Å². The van der Waals surface area contributed by atoms with Gasteiger partial charge in [0.15, 0.2) is 0 Å². The summed E-state index contributed by atoms with van der Waals surface area (Å²) in [5.74, 6) is 0.547. The number of esters is 1. The number of ether oxygens (including phenoxy) is 1. The van der Waals surface area contributed by atoms with Crippen LogP contribution >= 0.6 is 0 Å². The molecule has 0 saturated carbocycles. The Kier molecular flexibility index (Phi) is 4.92. The molecule has 1 atom stereocenters. The Morgan fingerprint density at radius 3 is 2.27 bits per heavy atom. The summed E-state index contributed by atoms with van der Waals surface area (Å²) in [4.78, 5) is 11.1. The van der Waals surface area contributed by atoms with Crippen LogP contribution in [-0.4, -0.2) is 12.6 Å². The fourth-order valence-electron chi connectivity index (χ4n) is 1.09. The van der Waals surface area contributed by atoms with E-state index in [1.54, 1.807) is 0 Å². The molecule has 0 aromatic heterocycles. The summed E-state index contributed by atoms with van der Waals surface area (Å²) in [6.45, 7) is 8.45. The summed E-state index contributed by atoms with van der Waals surface area (Å²) in [7, 11) is 0. The third-order valence-electron chi connectivity index (χ3n) is 1.51. The first-order valence-electron chi connectivity index (χ1n) is 4.24. The SMILES string of the molecule is CCOC(=O)[C@H](C)CC(C)C. The van der Waals surface area contributed by atoms with Gasteiger partial charge in [0.05, 0.1) is 12.5 Å². The maximum Gasteiger partial charge on any atom is 0.308 e. The number of hydrogen-bond acceptors (Lipinski definition) is 2. The molecule has 0 aromatic carbocycles. The second kappa shape index (κ2) is 5.16. The van der Waals surface area contributed by atoms with Crippen LogP contribution in [0.15, 0.2) is 0 Å². The van der Waals surface area contributed by atoms with Gasteiger partial charge in [-0.15, -0.1) is 0 Å². The van der Waals surface area contributed by atoms with Crippen LogP contribution in [-0.2, 0) is 9.53 Å². The highest BCUT2D eigenvalue weighted by atomic mass is 16.5. The Hall–Kier alpha value is -0.530. The van der Waals surface area contributed by atoms with Gasteiger partial charge in [-0.2, -0.15) is 0 Å². The summed E-state index contributed by atoms with van der Waals surface area (Å²) in [6.07, 6.45) is 0.916. The standard InChI is InChI=1S/C9H18O2/c1-5-11-9(10)8(4)6-7(2)3/h7-8H,5-6H2,1-4H3/t8-/m1/s1. The van der Waals surface area contributed by atoms with Crippen molar-refractivity contribution in [1.29, 1.82) is 0 Å². The molecule has 0 unspecified atom stereocenters. The van der Waals surface area contributed by atoms with Crippen molar-refractivity contribution in [3.63, 3.8) is 0 Å². The fourth-order valence-corrected chi connectivity index (χ4v) is 1.09. The lowest BCUT2D eigenvalue weighted by molar-refractivity contribution is -0.147. The lowest BCUT2D eigenvalue weighted by Gasteiger charge is -2.11. The minimum atomic E-state index is -0.0683. The Labute approximate surface area is 68.9 Å². The zero-order chi connectivity index (χ0) is 8.85. The van der Waals surface area contributed by atoms with E-state index in [4.69, 9.17) is 4.74 Å². The highest BCUT2D eigenvalue weighted by Crippen LogP contribution is 2.11. The van der Waals surface area contributed by atoms with Crippen molar-refractivity contribution >= 4 is 5.97 Å². The fraction of sp³-hybridized carbons (Fsp3) is 0.889. The molecule has 0 aromatic rings. The molecule has 0 fully saturated rings. The monoisotopic (exact) mass is 158 g/mol. The van der Waals surface area contributed by atoms with Crippen LogP contribution in [0, 0.1) is 11.8 Å². The molecule has 2 nitrogen and oxygen atoms in total. The summed E-state index contributed by atoms with van der Waals surface area (Å²) >= 11 is 0. The molecule has 0 N–H and O–H groups in total. The van der Waals surface area contributed by atoms with E-state index < -0.39 is 0 Å². The molecule has 0 bridgehead atoms. The van der Waals surface area contributed by atoms with Crippen molar-refractivity contribution < 1.29 is 9.53 Å². The molecule has 2 heteroatoms. The number of hydrogen-bond donors (Lipinski definition) is 0. The Morgan fingerprint density at radius 1 is 1.36 bits per heavy atom. The molecule has 0 aliphatic heterocycles. The zero-order valence-corrected chi connectivity index (χ0v) is 7.89. The quantitative estimate of drug-likeness (QED) is 0.586. The van der Waals surface area contributed by atoms with Crippen molar-refractivity contribution in [2.45, 2.75) is 34.1 Å². The second-order valence-electron chi connectivity index (χ2n) is 3.28. The Bertz CT molecular complexity index is 119. The van der Waals surface area contributed by atoms with Crippen LogP contribution < -0.4 is 0 Å². The molecule has 0 rings (SSSR count). The molecular formula is C9H18O2. The molecule has 0 radical (unpaired) electrons. The molecular weight excluding hydrogens is 140 g/mol. The maximum absolute atomic E-state index is 11.1. The molecule has 11 heavy (non-hydrogen) atoms. The molecule has 0 heterocycles. The minimum absolute atomic E-state index is 0.0509. The minimum Gasteiger partial charge on any atom is -0.466 e. The van der Waals surface area contributed by atoms with Crippen LogP contribution in [0.5, 0.6) is 0 Å². The topological polar surface area (TPSA) is 26.3 Å². The Morgan fingerprint density at radius 2 is 1.91 bits per heavy atom. The number of rotatable bonds is 4. The van der Waals surface area contributed by atoms with Gasteiger partial charge in [0, 0.05) is 0 Å². The van der Waals surface area contributed by atoms with Crippen LogP contribution in [0.3, 0.4) is 0 Å². The average molecular weight is 158 g/mol.